The SMILES string of the molecule is CC(Sc1nnnn1C(C)C)C(=O)C12CC3CC(CC(C3)C1)C2. The molecular formula is C17H26N4OS. The first-order chi connectivity index (χ1) is 11.0. The van der Waals surface area contributed by atoms with Crippen LogP contribution in [0, 0.1) is 23.2 Å². The fraction of sp³-hybridized carbons (Fsp3) is 0.882. The lowest BCUT2D eigenvalue weighted by Gasteiger charge is -2.56. The number of thioether (sulfide) groups is 1. The van der Waals surface area contributed by atoms with E-state index in [0.717, 1.165) is 42.2 Å². The second-order valence-electron chi connectivity index (χ2n) is 8.32. The summed E-state index contributed by atoms with van der Waals surface area (Å²) in [4.78, 5) is 13.3. The number of ketones is 1. The van der Waals surface area contributed by atoms with Crippen LogP contribution in [0.1, 0.15) is 65.3 Å². The third-order valence-electron chi connectivity index (χ3n) is 6.16. The molecule has 0 radical (unpaired) electrons. The molecule has 23 heavy (non-hydrogen) atoms. The van der Waals surface area contributed by atoms with Crippen LogP contribution in [0.4, 0.5) is 0 Å². The minimum Gasteiger partial charge on any atom is -0.298 e. The lowest BCUT2D eigenvalue weighted by atomic mass is 9.48. The van der Waals surface area contributed by atoms with E-state index in [0.29, 0.717) is 5.78 Å². The molecule has 4 bridgehead atoms. The lowest BCUT2D eigenvalue weighted by Crippen LogP contribution is -2.51. The number of hydrogen-bond donors (Lipinski definition) is 0. The Kier molecular flexibility index (Phi) is 3.78. The summed E-state index contributed by atoms with van der Waals surface area (Å²) in [7, 11) is 0. The number of hydrogen-bond acceptors (Lipinski definition) is 5. The quantitative estimate of drug-likeness (QED) is 0.771. The summed E-state index contributed by atoms with van der Waals surface area (Å²) in [6, 6.07) is 0.217. The van der Waals surface area contributed by atoms with E-state index in [1.165, 1.54) is 31.0 Å². The van der Waals surface area contributed by atoms with Crippen molar-refractivity contribution in [3.05, 3.63) is 0 Å². The second kappa shape index (κ2) is 5.57. The van der Waals surface area contributed by atoms with Crippen molar-refractivity contribution in [1.82, 2.24) is 20.2 Å². The first-order valence-electron chi connectivity index (χ1n) is 8.95. The molecule has 4 aliphatic carbocycles. The van der Waals surface area contributed by atoms with Gasteiger partial charge in [-0.1, -0.05) is 11.8 Å². The molecule has 0 N–H and O–H groups in total. The summed E-state index contributed by atoms with van der Waals surface area (Å²) in [5.41, 5.74) is -0.0305. The zero-order valence-electron chi connectivity index (χ0n) is 14.2. The molecule has 126 valence electrons. The van der Waals surface area contributed by atoms with E-state index < -0.39 is 0 Å². The molecule has 4 aliphatic rings. The molecule has 1 atom stereocenters. The van der Waals surface area contributed by atoms with Gasteiger partial charge in [0.1, 0.15) is 0 Å². The number of tetrazole rings is 1. The Morgan fingerprint density at radius 3 is 2.22 bits per heavy atom. The zero-order chi connectivity index (χ0) is 16.2. The van der Waals surface area contributed by atoms with Crippen molar-refractivity contribution >= 4 is 17.5 Å². The summed E-state index contributed by atoms with van der Waals surface area (Å²) >= 11 is 1.54. The number of aromatic nitrogens is 4. The molecule has 4 saturated carbocycles. The highest BCUT2D eigenvalue weighted by Crippen LogP contribution is 2.61. The predicted octanol–water partition coefficient (Wildman–Crippen LogP) is 3.52. The maximum atomic E-state index is 13.3. The van der Waals surface area contributed by atoms with Gasteiger partial charge in [-0.15, -0.1) is 5.10 Å². The summed E-state index contributed by atoms with van der Waals surface area (Å²) in [5.74, 6) is 2.88. The van der Waals surface area contributed by atoms with Crippen LogP contribution in [0.25, 0.3) is 0 Å². The Labute approximate surface area is 142 Å². The molecule has 1 heterocycles. The average Bonchev–Trinajstić information content (AvgIpc) is 2.93. The molecule has 4 fully saturated rings. The normalized spacial score (nSPS) is 36.6. The van der Waals surface area contributed by atoms with Gasteiger partial charge < -0.3 is 0 Å². The third-order valence-corrected chi connectivity index (χ3v) is 7.21. The number of nitrogens with zero attached hydrogens (tertiary/aromatic N) is 4. The molecule has 1 aromatic rings. The molecule has 6 heteroatoms. The van der Waals surface area contributed by atoms with Crippen LogP contribution >= 0.6 is 11.8 Å². The van der Waals surface area contributed by atoms with E-state index in [1.54, 1.807) is 0 Å². The Balaban J connectivity index is 1.51. The summed E-state index contributed by atoms with van der Waals surface area (Å²) < 4.78 is 1.81. The summed E-state index contributed by atoms with van der Waals surface area (Å²) in [6.07, 6.45) is 7.53. The second-order valence-corrected chi connectivity index (χ2v) is 9.63. The van der Waals surface area contributed by atoms with Crippen molar-refractivity contribution in [2.75, 3.05) is 0 Å². The molecule has 0 saturated heterocycles. The van der Waals surface area contributed by atoms with Crippen LogP contribution in [0.15, 0.2) is 5.16 Å². The van der Waals surface area contributed by atoms with Crippen LogP contribution in [-0.2, 0) is 4.79 Å². The first kappa shape index (κ1) is 15.6. The van der Waals surface area contributed by atoms with Gasteiger partial charge in [-0.2, -0.15) is 0 Å². The van der Waals surface area contributed by atoms with Crippen LogP contribution < -0.4 is 0 Å². The van der Waals surface area contributed by atoms with Crippen LogP contribution in [-0.4, -0.2) is 31.2 Å². The molecule has 5 nitrogen and oxygen atoms in total. The summed E-state index contributed by atoms with van der Waals surface area (Å²) in [6.45, 7) is 6.17. The van der Waals surface area contributed by atoms with Crippen molar-refractivity contribution in [2.45, 2.75) is 75.7 Å². The maximum Gasteiger partial charge on any atom is 0.210 e. The van der Waals surface area contributed by atoms with Crippen molar-refractivity contribution in [1.29, 1.82) is 0 Å². The van der Waals surface area contributed by atoms with Gasteiger partial charge in [-0.05, 0) is 87.5 Å². The fourth-order valence-electron chi connectivity index (χ4n) is 5.64. The van der Waals surface area contributed by atoms with Gasteiger partial charge in [0.2, 0.25) is 5.16 Å². The average molecular weight is 334 g/mol. The monoisotopic (exact) mass is 334 g/mol. The van der Waals surface area contributed by atoms with Gasteiger partial charge in [0.15, 0.2) is 5.78 Å². The fourth-order valence-corrected chi connectivity index (χ4v) is 6.75. The number of carbonyl (C=O) groups is 1. The highest BCUT2D eigenvalue weighted by Gasteiger charge is 2.55. The van der Waals surface area contributed by atoms with E-state index in [2.05, 4.69) is 29.4 Å². The van der Waals surface area contributed by atoms with Crippen molar-refractivity contribution in [3.8, 4) is 0 Å². The van der Waals surface area contributed by atoms with E-state index in [9.17, 15) is 4.79 Å². The van der Waals surface area contributed by atoms with Gasteiger partial charge in [0.05, 0.1) is 11.3 Å². The van der Waals surface area contributed by atoms with Crippen LogP contribution in [0.5, 0.6) is 0 Å². The highest BCUT2D eigenvalue weighted by atomic mass is 32.2. The Morgan fingerprint density at radius 2 is 1.70 bits per heavy atom. The van der Waals surface area contributed by atoms with Gasteiger partial charge in [-0.25, -0.2) is 4.68 Å². The Bertz CT molecular complexity index is 576. The minimum atomic E-state index is -0.0604. The van der Waals surface area contributed by atoms with Crippen LogP contribution in [0.3, 0.4) is 0 Å². The van der Waals surface area contributed by atoms with E-state index in [4.69, 9.17) is 0 Å². The standard InChI is InChI=1S/C17H26N4OS/c1-10(2)21-16(18-19-20-21)23-11(3)15(22)17-7-12-4-13(8-17)6-14(5-12)9-17/h10-14H,4-9H2,1-3H3. The van der Waals surface area contributed by atoms with Crippen molar-refractivity contribution < 1.29 is 4.79 Å². The minimum absolute atomic E-state index is 0.0305. The van der Waals surface area contributed by atoms with Gasteiger partial charge >= 0.3 is 0 Å². The molecule has 1 unspecified atom stereocenters. The van der Waals surface area contributed by atoms with Gasteiger partial charge in [0.25, 0.3) is 0 Å². The molecule has 1 aromatic heterocycles. The van der Waals surface area contributed by atoms with E-state index in [1.807, 2.05) is 11.6 Å². The molecule has 0 spiro atoms. The molecule has 0 aromatic carbocycles. The lowest BCUT2D eigenvalue weighted by molar-refractivity contribution is -0.143. The Hall–Kier alpha value is -0.910. The van der Waals surface area contributed by atoms with Crippen molar-refractivity contribution in [3.63, 3.8) is 0 Å². The van der Waals surface area contributed by atoms with Gasteiger partial charge in [0, 0.05) is 5.41 Å². The van der Waals surface area contributed by atoms with Crippen LogP contribution in [0.2, 0.25) is 0 Å². The first-order valence-corrected chi connectivity index (χ1v) is 9.83. The third kappa shape index (κ3) is 2.63. The smallest absolute Gasteiger partial charge is 0.210 e. The number of rotatable bonds is 5. The molecule has 5 rings (SSSR count). The zero-order valence-corrected chi connectivity index (χ0v) is 15.1. The predicted molar refractivity (Wildman–Crippen MR) is 89.1 cm³/mol. The number of Topliss-reactive ketones (excluding diaryl/α,β-unsaturated/α-hetero) is 1. The number of carbonyl (C=O) groups excluding carboxylic acids is 1. The summed E-state index contributed by atoms with van der Waals surface area (Å²) in [5, 5.41) is 12.7. The van der Waals surface area contributed by atoms with Crippen molar-refractivity contribution in [2.24, 2.45) is 23.2 Å². The largest absolute Gasteiger partial charge is 0.298 e. The van der Waals surface area contributed by atoms with E-state index in [-0.39, 0.29) is 16.7 Å². The van der Waals surface area contributed by atoms with Gasteiger partial charge in [-0.3, -0.25) is 4.79 Å². The molecule has 0 amide bonds. The highest BCUT2D eigenvalue weighted by molar-refractivity contribution is 8.00. The van der Waals surface area contributed by atoms with E-state index >= 15 is 0 Å². The topological polar surface area (TPSA) is 60.7 Å². The maximum absolute atomic E-state index is 13.3. The molecule has 0 aliphatic heterocycles. The Morgan fingerprint density at radius 1 is 1.13 bits per heavy atom. The molecular weight excluding hydrogens is 308 g/mol.